The number of nitrogens with zero attached hydrogens (tertiary/aromatic N) is 2. The smallest absolute Gasteiger partial charge is 0.0346 e. The molecule has 0 amide bonds. The molecule has 0 spiro atoms. The summed E-state index contributed by atoms with van der Waals surface area (Å²) in [5.74, 6) is 0. The molecule has 2 nitrogen and oxygen atoms in total. The molecule has 6 aromatic carbocycles. The Hall–Kier alpha value is -5.08. The molecule has 0 N–H and O–H groups in total. The Morgan fingerprint density at radius 1 is 0.368 bits per heavy atom. The Bertz CT molecular complexity index is 2190. The van der Waals surface area contributed by atoms with Crippen LogP contribution < -0.4 is 0 Å². The highest BCUT2D eigenvalue weighted by Crippen LogP contribution is 2.40. The summed E-state index contributed by atoms with van der Waals surface area (Å²) < 4.78 is 0. The number of aromatic nitrogens is 2. The van der Waals surface area contributed by atoms with Crippen LogP contribution >= 0.6 is 0 Å². The molecule has 38 heavy (non-hydrogen) atoms. The molecule has 2 heterocycles. The molecule has 0 unspecified atom stereocenters. The average molecular weight is 483 g/mol. The summed E-state index contributed by atoms with van der Waals surface area (Å²) in [4.78, 5) is 8.52. The molecule has 0 aliphatic heterocycles. The SMILES string of the molecule is c1ccc2c(c1)c(-c1ccc3cnccc3c1)cc1ccc3cc(-c4ccc5cnccc5c4)ccc3c12. The van der Waals surface area contributed by atoms with Crippen LogP contribution in [0.1, 0.15) is 0 Å². The minimum atomic E-state index is 1.16. The lowest BCUT2D eigenvalue weighted by Gasteiger charge is -2.14. The Morgan fingerprint density at radius 3 is 1.71 bits per heavy atom. The molecular weight excluding hydrogens is 460 g/mol. The van der Waals surface area contributed by atoms with Gasteiger partial charge >= 0.3 is 0 Å². The maximum atomic E-state index is 4.27. The second kappa shape index (κ2) is 8.22. The Labute approximate surface area is 219 Å². The molecule has 8 aromatic rings. The highest BCUT2D eigenvalue weighted by molar-refractivity contribution is 6.23. The van der Waals surface area contributed by atoms with Gasteiger partial charge in [-0.25, -0.2) is 0 Å². The molecule has 2 heteroatoms. The third kappa shape index (κ3) is 3.28. The zero-order valence-electron chi connectivity index (χ0n) is 20.6. The summed E-state index contributed by atoms with van der Waals surface area (Å²) in [7, 11) is 0. The largest absolute Gasteiger partial charge is 0.264 e. The van der Waals surface area contributed by atoms with Crippen molar-refractivity contribution in [1.29, 1.82) is 0 Å². The first-order valence-electron chi connectivity index (χ1n) is 12.9. The zero-order valence-corrected chi connectivity index (χ0v) is 20.6. The van der Waals surface area contributed by atoms with Crippen molar-refractivity contribution in [1.82, 2.24) is 9.97 Å². The van der Waals surface area contributed by atoms with E-state index in [1.807, 2.05) is 24.8 Å². The number of hydrogen-bond donors (Lipinski definition) is 0. The predicted molar refractivity (Wildman–Crippen MR) is 160 cm³/mol. The van der Waals surface area contributed by atoms with E-state index in [2.05, 4.69) is 119 Å². The van der Waals surface area contributed by atoms with E-state index < -0.39 is 0 Å². The molecular formula is C36H22N2. The zero-order chi connectivity index (χ0) is 25.1. The minimum absolute atomic E-state index is 1.16. The number of hydrogen-bond acceptors (Lipinski definition) is 2. The number of pyridine rings is 2. The quantitative estimate of drug-likeness (QED) is 0.229. The van der Waals surface area contributed by atoms with Crippen molar-refractivity contribution in [3.63, 3.8) is 0 Å². The van der Waals surface area contributed by atoms with Gasteiger partial charge in [0, 0.05) is 35.6 Å². The summed E-state index contributed by atoms with van der Waals surface area (Å²) in [6, 6.07) is 39.9. The molecule has 0 atom stereocenters. The molecule has 0 aliphatic carbocycles. The van der Waals surface area contributed by atoms with Gasteiger partial charge in [-0.05, 0) is 102 Å². The Morgan fingerprint density at radius 2 is 0.947 bits per heavy atom. The second-order valence-corrected chi connectivity index (χ2v) is 9.94. The van der Waals surface area contributed by atoms with Gasteiger partial charge in [0.25, 0.3) is 0 Å². The lowest BCUT2D eigenvalue weighted by molar-refractivity contribution is 1.36. The monoisotopic (exact) mass is 482 g/mol. The van der Waals surface area contributed by atoms with Crippen LogP contribution in [0.25, 0.3) is 76.1 Å². The average Bonchev–Trinajstić information content (AvgIpc) is 2.99. The van der Waals surface area contributed by atoms with Crippen molar-refractivity contribution < 1.29 is 0 Å². The summed E-state index contributed by atoms with van der Waals surface area (Å²) in [6.07, 6.45) is 7.56. The van der Waals surface area contributed by atoms with Crippen LogP contribution in [0.3, 0.4) is 0 Å². The number of fused-ring (bicyclic) bond motifs is 7. The molecule has 0 saturated carbocycles. The van der Waals surface area contributed by atoms with Crippen molar-refractivity contribution in [2.24, 2.45) is 0 Å². The van der Waals surface area contributed by atoms with Crippen LogP contribution in [-0.2, 0) is 0 Å². The maximum Gasteiger partial charge on any atom is 0.0346 e. The van der Waals surface area contributed by atoms with Crippen molar-refractivity contribution in [2.45, 2.75) is 0 Å². The molecule has 8 rings (SSSR count). The van der Waals surface area contributed by atoms with Gasteiger partial charge in [-0.3, -0.25) is 9.97 Å². The highest BCUT2D eigenvalue weighted by Gasteiger charge is 2.12. The van der Waals surface area contributed by atoms with Crippen molar-refractivity contribution in [3.05, 3.63) is 134 Å². The molecule has 0 fully saturated rings. The van der Waals surface area contributed by atoms with E-state index >= 15 is 0 Å². The molecule has 0 radical (unpaired) electrons. The number of benzene rings is 6. The van der Waals surface area contributed by atoms with E-state index in [0.717, 1.165) is 10.8 Å². The molecule has 0 bridgehead atoms. The lowest BCUT2D eigenvalue weighted by Crippen LogP contribution is -1.87. The van der Waals surface area contributed by atoms with Gasteiger partial charge in [-0.1, -0.05) is 72.8 Å². The molecule has 0 saturated heterocycles. The summed E-state index contributed by atoms with van der Waals surface area (Å²) >= 11 is 0. The topological polar surface area (TPSA) is 25.8 Å². The van der Waals surface area contributed by atoms with Crippen molar-refractivity contribution >= 4 is 53.9 Å². The van der Waals surface area contributed by atoms with Crippen LogP contribution in [0.5, 0.6) is 0 Å². The van der Waals surface area contributed by atoms with E-state index in [-0.39, 0.29) is 0 Å². The third-order valence-corrected chi connectivity index (χ3v) is 7.76. The third-order valence-electron chi connectivity index (χ3n) is 7.76. The highest BCUT2D eigenvalue weighted by atomic mass is 14.6. The van der Waals surface area contributed by atoms with Crippen LogP contribution in [0.2, 0.25) is 0 Å². The summed E-state index contributed by atoms with van der Waals surface area (Å²) in [5, 5.41) is 12.4. The van der Waals surface area contributed by atoms with Gasteiger partial charge in [0.05, 0.1) is 0 Å². The van der Waals surface area contributed by atoms with Crippen LogP contribution in [0.15, 0.2) is 134 Å². The van der Waals surface area contributed by atoms with Gasteiger partial charge in [-0.15, -0.1) is 0 Å². The summed E-state index contributed by atoms with van der Waals surface area (Å²) in [5.41, 5.74) is 4.93. The maximum absolute atomic E-state index is 4.27. The first-order chi connectivity index (χ1) is 18.8. The van der Waals surface area contributed by atoms with Gasteiger partial charge < -0.3 is 0 Å². The fourth-order valence-electron chi connectivity index (χ4n) is 5.87. The molecule has 0 aliphatic rings. The van der Waals surface area contributed by atoms with E-state index in [0.29, 0.717) is 0 Å². The second-order valence-electron chi connectivity index (χ2n) is 9.94. The normalized spacial score (nSPS) is 11.7. The van der Waals surface area contributed by atoms with Crippen molar-refractivity contribution in [2.75, 3.05) is 0 Å². The van der Waals surface area contributed by atoms with E-state index in [4.69, 9.17) is 0 Å². The van der Waals surface area contributed by atoms with E-state index in [1.54, 1.807) is 0 Å². The lowest BCUT2D eigenvalue weighted by atomic mass is 9.89. The van der Waals surface area contributed by atoms with E-state index in [9.17, 15) is 0 Å². The molecule has 176 valence electrons. The first kappa shape index (κ1) is 21.0. The Balaban J connectivity index is 1.35. The fourth-order valence-corrected chi connectivity index (χ4v) is 5.87. The van der Waals surface area contributed by atoms with Crippen LogP contribution in [-0.4, -0.2) is 9.97 Å². The predicted octanol–water partition coefficient (Wildman–Crippen LogP) is 9.58. The molecule has 2 aromatic heterocycles. The Kier molecular flexibility index (Phi) is 4.55. The van der Waals surface area contributed by atoms with E-state index in [1.165, 1.54) is 65.3 Å². The first-order valence-corrected chi connectivity index (χ1v) is 12.9. The van der Waals surface area contributed by atoms with Crippen molar-refractivity contribution in [3.8, 4) is 22.3 Å². The summed E-state index contributed by atoms with van der Waals surface area (Å²) in [6.45, 7) is 0. The van der Waals surface area contributed by atoms with Gasteiger partial charge in [0.15, 0.2) is 0 Å². The van der Waals surface area contributed by atoms with Crippen LogP contribution in [0, 0.1) is 0 Å². The van der Waals surface area contributed by atoms with Gasteiger partial charge in [-0.2, -0.15) is 0 Å². The van der Waals surface area contributed by atoms with Gasteiger partial charge in [0.2, 0.25) is 0 Å². The van der Waals surface area contributed by atoms with Gasteiger partial charge in [0.1, 0.15) is 0 Å². The minimum Gasteiger partial charge on any atom is -0.264 e. The van der Waals surface area contributed by atoms with Crippen LogP contribution in [0.4, 0.5) is 0 Å². The standard InChI is InChI=1S/C36H22N2/c1-2-4-34-33(3-1)35(28-7-10-31-22-38-16-14-26(31)19-28)20-29-8-6-27-18-24(11-12-32(27)36(29)34)23-5-9-30-21-37-15-13-25(30)17-23/h1-22H. The number of rotatable bonds is 2. The fraction of sp³-hybridized carbons (Fsp3) is 0.